The van der Waals surface area contributed by atoms with Crippen molar-refractivity contribution in [1.29, 1.82) is 0 Å². The van der Waals surface area contributed by atoms with E-state index >= 15 is 0 Å². The van der Waals surface area contributed by atoms with Gasteiger partial charge in [0.1, 0.15) is 29.0 Å². The molecule has 1 saturated heterocycles. The van der Waals surface area contributed by atoms with Crippen LogP contribution in [0.4, 0.5) is 0 Å². The summed E-state index contributed by atoms with van der Waals surface area (Å²) >= 11 is 1.84. The molecule has 0 radical (unpaired) electrons. The van der Waals surface area contributed by atoms with E-state index in [0.29, 0.717) is 0 Å². The number of carbonyl (C=O) groups is 3. The summed E-state index contributed by atoms with van der Waals surface area (Å²) in [6, 6.07) is 4.40. The summed E-state index contributed by atoms with van der Waals surface area (Å²) in [7, 11) is 1.33. The number of carbonyl (C=O) groups excluding carboxylic acids is 3. The van der Waals surface area contributed by atoms with Crippen LogP contribution < -0.4 is 4.74 Å². The maximum atomic E-state index is 13.7. The third-order valence-electron chi connectivity index (χ3n) is 7.80. The maximum absolute atomic E-state index is 13.7. The minimum atomic E-state index is -2.04. The molecule has 0 saturated carbocycles. The minimum absolute atomic E-state index is 0.0307. The first-order valence-electron chi connectivity index (χ1n) is 12.2. The van der Waals surface area contributed by atoms with Crippen molar-refractivity contribution in [3.05, 3.63) is 51.6 Å². The Labute approximate surface area is 236 Å². The van der Waals surface area contributed by atoms with Gasteiger partial charge in [0.05, 0.1) is 46.0 Å². The fourth-order valence-corrected chi connectivity index (χ4v) is 6.33. The van der Waals surface area contributed by atoms with Crippen molar-refractivity contribution in [3.8, 4) is 17.2 Å². The molecule has 208 valence electrons. The topological polar surface area (TPSA) is 180 Å². The lowest BCUT2D eigenvalue weighted by molar-refractivity contribution is -0.258. The number of aliphatic hydroxyl groups excluding tert-OH is 2. The van der Waals surface area contributed by atoms with Crippen LogP contribution >= 0.6 is 22.6 Å². The number of benzene rings is 2. The Hall–Kier alpha value is -2.62. The number of ketones is 3. The number of rotatable bonds is 4. The summed E-state index contributed by atoms with van der Waals surface area (Å²) in [5, 5.41) is 54.7. The number of phenols is 2. The molecule has 0 spiro atoms. The molecule has 1 heterocycles. The van der Waals surface area contributed by atoms with Crippen LogP contribution in [0.2, 0.25) is 0 Å². The number of fused-ring (bicyclic) bond motifs is 3. The summed E-state index contributed by atoms with van der Waals surface area (Å²) in [6.45, 7) is 2.69. The van der Waals surface area contributed by atoms with Crippen LogP contribution in [-0.4, -0.2) is 84.1 Å². The first-order chi connectivity index (χ1) is 18.3. The lowest BCUT2D eigenvalue weighted by Gasteiger charge is -2.43. The second-order valence-electron chi connectivity index (χ2n) is 10.1. The van der Waals surface area contributed by atoms with E-state index in [1.807, 2.05) is 22.6 Å². The van der Waals surface area contributed by atoms with Gasteiger partial charge in [0, 0.05) is 29.5 Å². The van der Waals surface area contributed by atoms with E-state index in [0.717, 1.165) is 6.92 Å². The summed E-state index contributed by atoms with van der Waals surface area (Å²) in [5.74, 6) is -3.33. The SMILES string of the molecule is COc1cccc2c1C(=O)c1c(O)c3c(c(O)c1C2=O)C[C@@](O)(C(C)=O)C[C@@H]3OC1OC(C)C(O)C(O)C1I. The van der Waals surface area contributed by atoms with Crippen molar-refractivity contribution in [2.45, 2.75) is 66.9 Å². The molecule has 7 atom stereocenters. The van der Waals surface area contributed by atoms with Gasteiger partial charge in [-0.2, -0.15) is 0 Å². The highest BCUT2D eigenvalue weighted by Gasteiger charge is 2.50. The zero-order valence-corrected chi connectivity index (χ0v) is 23.3. The molecule has 12 heteroatoms. The van der Waals surface area contributed by atoms with E-state index in [-0.39, 0.29) is 34.4 Å². The summed E-state index contributed by atoms with van der Waals surface area (Å²) in [5.41, 5.74) is -3.26. The van der Waals surface area contributed by atoms with Crippen molar-refractivity contribution in [2.75, 3.05) is 7.11 Å². The van der Waals surface area contributed by atoms with Crippen molar-refractivity contribution >= 4 is 39.9 Å². The van der Waals surface area contributed by atoms with E-state index in [9.17, 15) is 39.9 Å². The molecule has 5 unspecified atom stereocenters. The zero-order chi connectivity index (χ0) is 28.5. The van der Waals surface area contributed by atoms with Gasteiger partial charge in [-0.05, 0) is 19.9 Å². The fraction of sp³-hybridized carbons (Fsp3) is 0.444. The predicted molar refractivity (Wildman–Crippen MR) is 142 cm³/mol. The van der Waals surface area contributed by atoms with Gasteiger partial charge in [-0.15, -0.1) is 0 Å². The number of aromatic hydroxyl groups is 2. The van der Waals surface area contributed by atoms with Crippen LogP contribution in [0, 0.1) is 0 Å². The Morgan fingerprint density at radius 1 is 1.08 bits per heavy atom. The van der Waals surface area contributed by atoms with Gasteiger partial charge in [0.15, 0.2) is 17.9 Å². The van der Waals surface area contributed by atoms with Gasteiger partial charge in [-0.25, -0.2) is 0 Å². The van der Waals surface area contributed by atoms with Gasteiger partial charge in [0.2, 0.25) is 5.78 Å². The highest BCUT2D eigenvalue weighted by Crippen LogP contribution is 2.52. The normalized spacial score (nSPS) is 31.8. The van der Waals surface area contributed by atoms with Crippen LogP contribution in [0.15, 0.2) is 18.2 Å². The van der Waals surface area contributed by atoms with Gasteiger partial charge in [-0.3, -0.25) is 14.4 Å². The number of hydrogen-bond donors (Lipinski definition) is 5. The standard InChI is InChI=1S/C27H27IO11/c1-9-20(30)25(35)19(28)26(38-9)39-14-8-27(36,10(2)29)7-12-16(14)24(34)18-17(22(12)32)21(31)11-5-4-6-13(37-3)15(11)23(18)33/h4-6,9,14,19-20,25-26,30,32,34-36H,7-8H2,1-3H3/t9?,14-,19?,20?,25?,26?,27-/m0/s1. The molecule has 0 amide bonds. The van der Waals surface area contributed by atoms with Crippen LogP contribution in [0.5, 0.6) is 17.2 Å². The maximum Gasteiger partial charge on any atom is 0.202 e. The van der Waals surface area contributed by atoms with Gasteiger partial charge in [0.25, 0.3) is 0 Å². The van der Waals surface area contributed by atoms with Crippen LogP contribution in [0.3, 0.4) is 0 Å². The Morgan fingerprint density at radius 3 is 2.38 bits per heavy atom. The van der Waals surface area contributed by atoms with E-state index in [1.54, 1.807) is 0 Å². The Balaban J connectivity index is 1.70. The quantitative estimate of drug-likeness (QED) is 0.156. The molecule has 5 rings (SSSR count). The van der Waals surface area contributed by atoms with Crippen LogP contribution in [0.1, 0.15) is 69.3 Å². The lowest BCUT2D eigenvalue weighted by atomic mass is 9.72. The smallest absolute Gasteiger partial charge is 0.202 e. The van der Waals surface area contributed by atoms with Gasteiger partial charge < -0.3 is 39.7 Å². The lowest BCUT2D eigenvalue weighted by Crippen LogP contribution is -2.55. The molecule has 39 heavy (non-hydrogen) atoms. The number of aliphatic hydroxyl groups is 3. The zero-order valence-electron chi connectivity index (χ0n) is 21.2. The van der Waals surface area contributed by atoms with E-state index < -0.39 is 86.6 Å². The third-order valence-corrected chi connectivity index (χ3v) is 9.12. The largest absolute Gasteiger partial charge is 0.507 e. The summed E-state index contributed by atoms with van der Waals surface area (Å²) < 4.78 is 16.3. The summed E-state index contributed by atoms with van der Waals surface area (Å²) in [6.07, 6.45) is -6.56. The first-order valence-corrected chi connectivity index (χ1v) is 13.5. The van der Waals surface area contributed by atoms with Crippen molar-refractivity contribution in [2.24, 2.45) is 0 Å². The fourth-order valence-electron chi connectivity index (χ4n) is 5.57. The molecule has 3 aliphatic rings. The highest BCUT2D eigenvalue weighted by molar-refractivity contribution is 14.1. The highest BCUT2D eigenvalue weighted by atomic mass is 127. The van der Waals surface area contributed by atoms with Crippen molar-refractivity contribution < 1.29 is 54.1 Å². The van der Waals surface area contributed by atoms with Crippen molar-refractivity contribution in [3.63, 3.8) is 0 Å². The molecular formula is C27H27IO11. The van der Waals surface area contributed by atoms with Crippen LogP contribution in [-0.2, 0) is 20.7 Å². The molecule has 0 aromatic heterocycles. The number of methoxy groups -OCH3 is 1. The molecule has 2 aliphatic carbocycles. The van der Waals surface area contributed by atoms with Crippen molar-refractivity contribution in [1.82, 2.24) is 0 Å². The Morgan fingerprint density at radius 2 is 1.74 bits per heavy atom. The number of halogens is 1. The van der Waals surface area contributed by atoms with Gasteiger partial charge in [-0.1, -0.05) is 34.7 Å². The second kappa shape index (κ2) is 9.78. The van der Waals surface area contributed by atoms with E-state index in [1.165, 1.54) is 32.2 Å². The molecule has 2 aromatic carbocycles. The first kappa shape index (κ1) is 27.9. The molecule has 1 aliphatic heterocycles. The summed E-state index contributed by atoms with van der Waals surface area (Å²) in [4.78, 5) is 39.7. The van der Waals surface area contributed by atoms with E-state index in [2.05, 4.69) is 0 Å². The minimum Gasteiger partial charge on any atom is -0.507 e. The average molecular weight is 654 g/mol. The van der Waals surface area contributed by atoms with E-state index in [4.69, 9.17) is 14.2 Å². The number of hydrogen-bond acceptors (Lipinski definition) is 11. The second-order valence-corrected chi connectivity index (χ2v) is 11.5. The predicted octanol–water partition coefficient (Wildman–Crippen LogP) is 1.48. The third kappa shape index (κ3) is 4.16. The molecular weight excluding hydrogens is 627 g/mol. The van der Waals surface area contributed by atoms with Crippen LogP contribution in [0.25, 0.3) is 0 Å². The number of ether oxygens (including phenoxy) is 3. The molecule has 1 fully saturated rings. The monoisotopic (exact) mass is 654 g/mol. The molecule has 2 aromatic rings. The number of alkyl halides is 1. The average Bonchev–Trinajstić information content (AvgIpc) is 2.90. The molecule has 0 bridgehead atoms. The Bertz CT molecular complexity index is 1400. The van der Waals surface area contributed by atoms with Gasteiger partial charge >= 0.3 is 0 Å². The molecule has 11 nitrogen and oxygen atoms in total. The Kier molecular flexibility index (Phi) is 7.01. The number of phenolic OH excluding ortho intramolecular Hbond substituents is 2. The molecule has 5 N–H and O–H groups in total. The number of Topliss-reactive ketones (excluding diaryl/α,β-unsaturated/α-hetero) is 1.